The van der Waals surface area contributed by atoms with Gasteiger partial charge in [-0.05, 0) is 49.4 Å². The van der Waals surface area contributed by atoms with E-state index in [4.69, 9.17) is 0 Å². The number of hydrogen-bond acceptors (Lipinski definition) is 3. The maximum Gasteiger partial charge on any atom is 0.0708 e. The van der Waals surface area contributed by atoms with Crippen LogP contribution >= 0.6 is 11.3 Å². The molecule has 0 saturated carbocycles. The number of hydrogen-bond donors (Lipinski definition) is 1. The van der Waals surface area contributed by atoms with Crippen LogP contribution in [0, 0.1) is 6.92 Å². The Bertz CT molecular complexity index is 719. The van der Waals surface area contributed by atoms with Gasteiger partial charge in [-0.3, -0.25) is 4.98 Å². The van der Waals surface area contributed by atoms with Gasteiger partial charge in [-0.15, -0.1) is 11.3 Å². The zero-order valence-corrected chi connectivity index (χ0v) is 13.3. The molecular formula is C18H20N2S. The number of fused-ring (bicyclic) bond motifs is 1. The van der Waals surface area contributed by atoms with Crippen LogP contribution < -0.4 is 5.32 Å². The van der Waals surface area contributed by atoms with E-state index in [9.17, 15) is 0 Å². The first-order chi connectivity index (χ1) is 10.2. The second-order valence-corrected chi connectivity index (χ2v) is 6.54. The Morgan fingerprint density at radius 3 is 2.86 bits per heavy atom. The summed E-state index contributed by atoms with van der Waals surface area (Å²) in [5.74, 6) is 0. The summed E-state index contributed by atoms with van der Waals surface area (Å²) in [5, 5.41) is 7.03. The Balaban J connectivity index is 1.73. The van der Waals surface area contributed by atoms with Crippen LogP contribution in [0.3, 0.4) is 0 Å². The highest BCUT2D eigenvalue weighted by Gasteiger charge is 2.07. The van der Waals surface area contributed by atoms with Gasteiger partial charge in [0.2, 0.25) is 0 Å². The van der Waals surface area contributed by atoms with Crippen LogP contribution in [0.1, 0.15) is 23.1 Å². The van der Waals surface area contributed by atoms with Gasteiger partial charge in [-0.2, -0.15) is 0 Å². The molecule has 0 aliphatic heterocycles. The summed E-state index contributed by atoms with van der Waals surface area (Å²) in [4.78, 5) is 6.03. The standard InChI is InChI=1S/C18H20N2S/c1-13(11-16-6-5-9-21-16)19-12-15-10-14(2)20-18-8-4-3-7-17(15)18/h3-10,13,19H,11-12H2,1-2H3. The molecule has 0 spiro atoms. The third-order valence-corrected chi connectivity index (χ3v) is 4.56. The number of aromatic nitrogens is 1. The van der Waals surface area contributed by atoms with Crippen LogP contribution in [0.25, 0.3) is 10.9 Å². The summed E-state index contributed by atoms with van der Waals surface area (Å²) in [6.07, 6.45) is 1.08. The fourth-order valence-electron chi connectivity index (χ4n) is 2.63. The fourth-order valence-corrected chi connectivity index (χ4v) is 3.46. The minimum Gasteiger partial charge on any atom is -0.310 e. The number of aryl methyl sites for hydroxylation is 1. The van der Waals surface area contributed by atoms with Gasteiger partial charge in [0.05, 0.1) is 5.52 Å². The van der Waals surface area contributed by atoms with E-state index in [1.54, 1.807) is 0 Å². The molecule has 108 valence electrons. The Labute approximate surface area is 129 Å². The average molecular weight is 296 g/mol. The van der Waals surface area contributed by atoms with Crippen molar-refractivity contribution in [2.24, 2.45) is 0 Å². The largest absolute Gasteiger partial charge is 0.310 e. The lowest BCUT2D eigenvalue weighted by molar-refractivity contribution is 0.550. The van der Waals surface area contributed by atoms with Crippen LogP contribution in [0.2, 0.25) is 0 Å². The topological polar surface area (TPSA) is 24.9 Å². The van der Waals surface area contributed by atoms with Gasteiger partial charge in [0.25, 0.3) is 0 Å². The maximum atomic E-state index is 4.60. The van der Waals surface area contributed by atoms with Crippen molar-refractivity contribution in [3.05, 3.63) is 64.0 Å². The number of nitrogens with one attached hydrogen (secondary N) is 1. The van der Waals surface area contributed by atoms with Gasteiger partial charge < -0.3 is 5.32 Å². The van der Waals surface area contributed by atoms with E-state index in [1.165, 1.54) is 15.8 Å². The molecule has 0 aliphatic rings. The molecule has 3 rings (SSSR count). The number of nitrogens with zero attached hydrogens (tertiary/aromatic N) is 1. The molecule has 0 saturated heterocycles. The van der Waals surface area contributed by atoms with Crippen molar-refractivity contribution in [2.45, 2.75) is 32.9 Å². The fraction of sp³-hybridized carbons (Fsp3) is 0.278. The molecule has 0 bridgehead atoms. The molecule has 0 radical (unpaired) electrons. The van der Waals surface area contributed by atoms with Crippen molar-refractivity contribution < 1.29 is 0 Å². The van der Waals surface area contributed by atoms with Crippen molar-refractivity contribution >= 4 is 22.2 Å². The maximum absolute atomic E-state index is 4.60. The van der Waals surface area contributed by atoms with E-state index in [-0.39, 0.29) is 0 Å². The summed E-state index contributed by atoms with van der Waals surface area (Å²) < 4.78 is 0. The normalized spacial score (nSPS) is 12.7. The number of pyridine rings is 1. The zero-order valence-electron chi connectivity index (χ0n) is 12.5. The lowest BCUT2D eigenvalue weighted by atomic mass is 10.1. The third-order valence-electron chi connectivity index (χ3n) is 3.66. The lowest BCUT2D eigenvalue weighted by Crippen LogP contribution is -2.27. The van der Waals surface area contributed by atoms with Gasteiger partial charge in [0, 0.05) is 28.5 Å². The minimum atomic E-state index is 0.468. The lowest BCUT2D eigenvalue weighted by Gasteiger charge is -2.14. The predicted octanol–water partition coefficient (Wildman–Crippen LogP) is 4.33. The number of thiophene rings is 1. The van der Waals surface area contributed by atoms with Crippen molar-refractivity contribution in [1.82, 2.24) is 10.3 Å². The SMILES string of the molecule is Cc1cc(CNC(C)Cc2cccs2)c2ccccc2n1. The second kappa shape index (κ2) is 6.37. The molecule has 0 fully saturated rings. The summed E-state index contributed by atoms with van der Waals surface area (Å²) in [5.41, 5.74) is 3.49. The Hall–Kier alpha value is -1.71. The van der Waals surface area contributed by atoms with Gasteiger partial charge in [-0.25, -0.2) is 0 Å². The Morgan fingerprint density at radius 2 is 2.05 bits per heavy atom. The van der Waals surface area contributed by atoms with Crippen LogP contribution in [-0.4, -0.2) is 11.0 Å². The molecule has 0 amide bonds. The van der Waals surface area contributed by atoms with Gasteiger partial charge in [0.15, 0.2) is 0 Å². The summed E-state index contributed by atoms with van der Waals surface area (Å²) in [7, 11) is 0. The van der Waals surface area contributed by atoms with Gasteiger partial charge in [0.1, 0.15) is 0 Å². The predicted molar refractivity (Wildman–Crippen MR) is 90.8 cm³/mol. The molecular weight excluding hydrogens is 276 g/mol. The molecule has 1 aromatic carbocycles. The molecule has 1 N–H and O–H groups in total. The molecule has 3 heteroatoms. The van der Waals surface area contributed by atoms with Crippen molar-refractivity contribution in [3.63, 3.8) is 0 Å². The molecule has 2 aromatic heterocycles. The molecule has 3 aromatic rings. The Kier molecular flexibility index (Phi) is 4.32. The summed E-state index contributed by atoms with van der Waals surface area (Å²) >= 11 is 1.83. The van der Waals surface area contributed by atoms with Crippen LogP contribution in [0.4, 0.5) is 0 Å². The van der Waals surface area contributed by atoms with E-state index in [1.807, 2.05) is 17.4 Å². The van der Waals surface area contributed by atoms with E-state index in [2.05, 4.69) is 65.9 Å². The number of rotatable bonds is 5. The van der Waals surface area contributed by atoms with Crippen molar-refractivity contribution in [3.8, 4) is 0 Å². The van der Waals surface area contributed by atoms with E-state index in [0.29, 0.717) is 6.04 Å². The summed E-state index contributed by atoms with van der Waals surface area (Å²) in [6, 6.07) is 15.3. The molecule has 1 unspecified atom stereocenters. The molecule has 2 nitrogen and oxygen atoms in total. The van der Waals surface area contributed by atoms with E-state index < -0.39 is 0 Å². The van der Waals surface area contributed by atoms with Crippen molar-refractivity contribution in [1.29, 1.82) is 0 Å². The monoisotopic (exact) mass is 296 g/mol. The Morgan fingerprint density at radius 1 is 1.19 bits per heavy atom. The smallest absolute Gasteiger partial charge is 0.0708 e. The van der Waals surface area contributed by atoms with Crippen LogP contribution in [0.5, 0.6) is 0 Å². The van der Waals surface area contributed by atoms with E-state index in [0.717, 1.165) is 24.2 Å². The average Bonchev–Trinajstić information content (AvgIpc) is 2.97. The minimum absolute atomic E-state index is 0.468. The first-order valence-electron chi connectivity index (χ1n) is 7.33. The zero-order chi connectivity index (χ0) is 14.7. The summed E-state index contributed by atoms with van der Waals surface area (Å²) in [6.45, 7) is 5.19. The van der Waals surface area contributed by atoms with Crippen LogP contribution in [-0.2, 0) is 13.0 Å². The quantitative estimate of drug-likeness (QED) is 0.758. The van der Waals surface area contributed by atoms with E-state index >= 15 is 0 Å². The number of para-hydroxylation sites is 1. The first kappa shape index (κ1) is 14.2. The highest BCUT2D eigenvalue weighted by atomic mass is 32.1. The van der Waals surface area contributed by atoms with Crippen LogP contribution in [0.15, 0.2) is 47.8 Å². The second-order valence-electron chi connectivity index (χ2n) is 5.51. The van der Waals surface area contributed by atoms with Gasteiger partial charge >= 0.3 is 0 Å². The van der Waals surface area contributed by atoms with Crippen molar-refractivity contribution in [2.75, 3.05) is 0 Å². The third kappa shape index (κ3) is 3.49. The number of benzene rings is 1. The van der Waals surface area contributed by atoms with Gasteiger partial charge in [-0.1, -0.05) is 24.3 Å². The highest BCUT2D eigenvalue weighted by molar-refractivity contribution is 7.09. The highest BCUT2D eigenvalue weighted by Crippen LogP contribution is 2.18. The first-order valence-corrected chi connectivity index (χ1v) is 8.21. The molecule has 21 heavy (non-hydrogen) atoms. The molecule has 2 heterocycles. The molecule has 0 aliphatic carbocycles. The molecule has 1 atom stereocenters.